The number of carbonyl (C=O) groups is 2. The lowest BCUT2D eigenvalue weighted by Gasteiger charge is -2.25. The van der Waals surface area contributed by atoms with Crippen molar-refractivity contribution in [2.24, 2.45) is 0 Å². The molecule has 0 fully saturated rings. The van der Waals surface area contributed by atoms with Gasteiger partial charge in [-0.3, -0.25) is 9.59 Å². The van der Waals surface area contributed by atoms with Crippen molar-refractivity contribution in [2.75, 3.05) is 45.8 Å². The maximum Gasteiger partial charge on any atom is 0.304 e. The van der Waals surface area contributed by atoms with E-state index in [1.54, 1.807) is 0 Å². The average molecular weight is 514 g/mol. The van der Waals surface area contributed by atoms with Crippen molar-refractivity contribution < 1.29 is 19.8 Å². The quantitative estimate of drug-likeness (QED) is 0.126. The number of hydrogen-bond acceptors (Lipinski definition) is 5. The maximum absolute atomic E-state index is 12.1. The van der Waals surface area contributed by atoms with Crippen molar-refractivity contribution in [3.05, 3.63) is 0 Å². The largest absolute Gasteiger partial charge is 0.481 e. The van der Waals surface area contributed by atoms with E-state index in [4.69, 9.17) is 5.11 Å². The maximum atomic E-state index is 12.1. The summed E-state index contributed by atoms with van der Waals surface area (Å²) in [5.74, 6) is -0.714. The summed E-state index contributed by atoms with van der Waals surface area (Å²) in [7, 11) is 0. The Morgan fingerprint density at radius 2 is 1.17 bits per heavy atom. The van der Waals surface area contributed by atoms with Gasteiger partial charge in [0.25, 0.3) is 0 Å². The highest BCUT2D eigenvalue weighted by molar-refractivity contribution is 5.75. The fourth-order valence-electron chi connectivity index (χ4n) is 4.45. The van der Waals surface area contributed by atoms with Crippen LogP contribution in [0, 0.1) is 0 Å². The lowest BCUT2D eigenvalue weighted by molar-refractivity contribution is -0.137. The van der Waals surface area contributed by atoms with Gasteiger partial charge in [0.2, 0.25) is 5.91 Å². The zero-order chi connectivity index (χ0) is 26.9. The molecule has 0 aromatic heterocycles. The number of hydrogen-bond donors (Lipinski definition) is 3. The smallest absolute Gasteiger partial charge is 0.304 e. The number of nitrogens with zero attached hydrogens (tertiary/aromatic N) is 2. The molecule has 0 rings (SSSR count). The Labute approximate surface area is 222 Å². The van der Waals surface area contributed by atoms with Crippen molar-refractivity contribution in [3.8, 4) is 0 Å². The molecule has 0 aliphatic rings. The van der Waals surface area contributed by atoms with Crippen LogP contribution in [0.5, 0.6) is 0 Å². The third-order valence-electron chi connectivity index (χ3n) is 6.80. The SMILES string of the molecule is CCCCCCCC(O)CCCC(=O)NCCCN(CCCN(CCCC)CCCC)CCC(=O)O. The predicted octanol–water partition coefficient (Wildman–Crippen LogP) is 5.45. The van der Waals surface area contributed by atoms with Crippen LogP contribution in [-0.2, 0) is 9.59 Å². The van der Waals surface area contributed by atoms with Gasteiger partial charge in [-0.05, 0) is 77.7 Å². The molecule has 0 saturated heterocycles. The molecule has 1 unspecified atom stereocenters. The fraction of sp³-hybridized carbons (Fsp3) is 0.931. The summed E-state index contributed by atoms with van der Waals surface area (Å²) in [6.45, 7) is 12.9. The number of aliphatic hydroxyl groups is 1. The first kappa shape index (κ1) is 34.8. The lowest BCUT2D eigenvalue weighted by atomic mass is 10.0. The molecule has 7 nitrogen and oxygen atoms in total. The first-order chi connectivity index (χ1) is 17.4. The van der Waals surface area contributed by atoms with E-state index < -0.39 is 5.97 Å². The molecule has 7 heteroatoms. The molecule has 0 radical (unpaired) electrons. The van der Waals surface area contributed by atoms with E-state index in [0.29, 0.717) is 25.9 Å². The van der Waals surface area contributed by atoms with Crippen molar-refractivity contribution in [1.29, 1.82) is 0 Å². The van der Waals surface area contributed by atoms with Crippen LogP contribution in [0.15, 0.2) is 0 Å². The Balaban J connectivity index is 4.12. The van der Waals surface area contributed by atoms with Gasteiger partial charge in [-0.2, -0.15) is 0 Å². The Morgan fingerprint density at radius 3 is 1.78 bits per heavy atom. The number of carboxylic acids is 1. The van der Waals surface area contributed by atoms with Gasteiger partial charge in [-0.25, -0.2) is 0 Å². The van der Waals surface area contributed by atoms with E-state index in [1.807, 2.05) is 0 Å². The molecule has 0 spiro atoms. The summed E-state index contributed by atoms with van der Waals surface area (Å²) in [4.78, 5) is 28.0. The van der Waals surface area contributed by atoms with Gasteiger partial charge in [0.1, 0.15) is 0 Å². The van der Waals surface area contributed by atoms with Crippen LogP contribution < -0.4 is 5.32 Å². The Bertz CT molecular complexity index is 511. The van der Waals surface area contributed by atoms with Crippen LogP contribution in [0.2, 0.25) is 0 Å². The summed E-state index contributed by atoms with van der Waals surface area (Å²) in [6, 6.07) is 0. The molecule has 1 amide bonds. The van der Waals surface area contributed by atoms with E-state index in [1.165, 1.54) is 51.4 Å². The van der Waals surface area contributed by atoms with Gasteiger partial charge in [0.05, 0.1) is 12.5 Å². The highest BCUT2D eigenvalue weighted by Gasteiger charge is 2.11. The van der Waals surface area contributed by atoms with Crippen molar-refractivity contribution >= 4 is 11.9 Å². The van der Waals surface area contributed by atoms with Crippen LogP contribution in [0.25, 0.3) is 0 Å². The molecule has 0 aromatic carbocycles. The summed E-state index contributed by atoms with van der Waals surface area (Å²) in [5, 5.41) is 22.2. The summed E-state index contributed by atoms with van der Waals surface area (Å²) >= 11 is 0. The van der Waals surface area contributed by atoms with E-state index in [2.05, 4.69) is 35.9 Å². The van der Waals surface area contributed by atoms with Crippen LogP contribution in [0.1, 0.15) is 124 Å². The second-order valence-corrected chi connectivity index (χ2v) is 10.3. The third kappa shape index (κ3) is 23.2. The number of aliphatic hydroxyl groups excluding tert-OH is 1. The van der Waals surface area contributed by atoms with Crippen LogP contribution in [0.4, 0.5) is 0 Å². The zero-order valence-corrected chi connectivity index (χ0v) is 23.9. The monoisotopic (exact) mass is 513 g/mol. The highest BCUT2D eigenvalue weighted by atomic mass is 16.4. The lowest BCUT2D eigenvalue weighted by Crippen LogP contribution is -2.34. The first-order valence-corrected chi connectivity index (χ1v) is 15.0. The number of carboxylic acid groups (broad SMARTS) is 1. The molecule has 3 N–H and O–H groups in total. The summed E-state index contributed by atoms with van der Waals surface area (Å²) < 4.78 is 0. The molecule has 0 heterocycles. The minimum atomic E-state index is -0.760. The average Bonchev–Trinajstić information content (AvgIpc) is 2.85. The minimum Gasteiger partial charge on any atom is -0.481 e. The molecule has 0 aliphatic heterocycles. The Morgan fingerprint density at radius 1 is 0.639 bits per heavy atom. The molecular weight excluding hydrogens is 454 g/mol. The number of aliphatic carboxylic acids is 1. The molecule has 0 aromatic rings. The Hall–Kier alpha value is -1.18. The number of nitrogens with one attached hydrogen (secondary N) is 1. The number of unbranched alkanes of at least 4 members (excludes halogenated alkanes) is 6. The van der Waals surface area contributed by atoms with Crippen LogP contribution in [-0.4, -0.2) is 83.8 Å². The van der Waals surface area contributed by atoms with Gasteiger partial charge in [0, 0.05) is 19.5 Å². The van der Waals surface area contributed by atoms with E-state index >= 15 is 0 Å². The molecule has 0 saturated carbocycles. The predicted molar refractivity (Wildman–Crippen MR) is 150 cm³/mol. The van der Waals surface area contributed by atoms with Crippen molar-refractivity contribution in [3.63, 3.8) is 0 Å². The molecule has 0 bridgehead atoms. The summed E-state index contributed by atoms with van der Waals surface area (Å²) in [6.07, 6.45) is 15.3. The van der Waals surface area contributed by atoms with E-state index in [9.17, 15) is 14.7 Å². The normalized spacial score (nSPS) is 12.4. The van der Waals surface area contributed by atoms with Crippen LogP contribution >= 0.6 is 0 Å². The standard InChI is InChI=1S/C29H59N3O4/c1-4-7-10-11-12-16-27(33)17-13-18-28(34)30-20-14-23-32(26-19-29(35)36)25-15-24-31(21-8-5-2)22-9-6-3/h27,33H,4-26H2,1-3H3,(H,30,34)(H,35,36). The van der Waals surface area contributed by atoms with E-state index in [-0.39, 0.29) is 18.4 Å². The minimum absolute atomic E-state index is 0.0460. The summed E-state index contributed by atoms with van der Waals surface area (Å²) in [5.41, 5.74) is 0. The molecule has 0 aliphatic carbocycles. The second-order valence-electron chi connectivity index (χ2n) is 10.3. The molecule has 36 heavy (non-hydrogen) atoms. The van der Waals surface area contributed by atoms with Gasteiger partial charge >= 0.3 is 5.97 Å². The number of amides is 1. The van der Waals surface area contributed by atoms with Crippen molar-refractivity contribution in [2.45, 2.75) is 130 Å². The van der Waals surface area contributed by atoms with E-state index in [0.717, 1.165) is 64.8 Å². The van der Waals surface area contributed by atoms with Gasteiger partial charge in [-0.1, -0.05) is 65.7 Å². The molecular formula is C29H59N3O4. The van der Waals surface area contributed by atoms with Crippen molar-refractivity contribution in [1.82, 2.24) is 15.1 Å². The van der Waals surface area contributed by atoms with Gasteiger partial charge in [-0.15, -0.1) is 0 Å². The number of rotatable bonds is 27. The molecule has 1 atom stereocenters. The fourth-order valence-corrected chi connectivity index (χ4v) is 4.45. The Kier molecular flexibility index (Phi) is 24.6. The van der Waals surface area contributed by atoms with Gasteiger partial charge in [0.15, 0.2) is 0 Å². The topological polar surface area (TPSA) is 93.1 Å². The number of carbonyl (C=O) groups excluding carboxylic acids is 1. The highest BCUT2D eigenvalue weighted by Crippen LogP contribution is 2.11. The zero-order valence-electron chi connectivity index (χ0n) is 23.9. The van der Waals surface area contributed by atoms with Crippen LogP contribution in [0.3, 0.4) is 0 Å². The third-order valence-corrected chi connectivity index (χ3v) is 6.80. The second kappa shape index (κ2) is 25.5. The molecule has 214 valence electrons. The van der Waals surface area contributed by atoms with Gasteiger partial charge < -0.3 is 25.3 Å². The first-order valence-electron chi connectivity index (χ1n) is 15.0.